The second-order valence-electron chi connectivity index (χ2n) is 8.75. The molecule has 0 aliphatic rings. The van der Waals surface area contributed by atoms with Gasteiger partial charge in [-0.25, -0.2) is 8.42 Å². The van der Waals surface area contributed by atoms with Crippen LogP contribution in [0.15, 0.2) is 66.7 Å². The van der Waals surface area contributed by atoms with Crippen LogP contribution in [0.25, 0.3) is 0 Å². The number of benzene rings is 3. The molecule has 0 atom stereocenters. The van der Waals surface area contributed by atoms with E-state index in [1.165, 1.54) is 16.1 Å². The Kier molecular flexibility index (Phi) is 8.93. The third-order valence-electron chi connectivity index (χ3n) is 5.68. The monoisotopic (exact) mass is 494 g/mol. The summed E-state index contributed by atoms with van der Waals surface area (Å²) in [6.45, 7) is 6.97. The predicted octanol–water partition coefficient (Wildman–Crippen LogP) is 5.03. The van der Waals surface area contributed by atoms with Gasteiger partial charge >= 0.3 is 0 Å². The molecule has 1 N–H and O–H groups in total. The number of hydrogen-bond donors (Lipinski definition) is 1. The van der Waals surface area contributed by atoms with Crippen molar-refractivity contribution in [1.29, 1.82) is 0 Å². The summed E-state index contributed by atoms with van der Waals surface area (Å²) in [5.41, 5.74) is 5.21. The van der Waals surface area contributed by atoms with Gasteiger partial charge in [-0.2, -0.15) is 0 Å². The molecule has 0 aromatic heterocycles. The minimum atomic E-state index is -3.48. The van der Waals surface area contributed by atoms with Gasteiger partial charge in [0.05, 0.1) is 25.0 Å². The summed E-state index contributed by atoms with van der Waals surface area (Å²) in [7, 11) is -3.48. The molecule has 0 saturated heterocycles. The fourth-order valence-electron chi connectivity index (χ4n) is 3.87. The predicted molar refractivity (Wildman–Crippen MR) is 142 cm³/mol. The third kappa shape index (κ3) is 7.59. The Hall–Kier alpha value is -3.32. The molecule has 0 unspecified atom stereocenters. The molecule has 3 rings (SSSR count). The lowest BCUT2D eigenvalue weighted by atomic mass is 10.1. The Bertz CT molecular complexity index is 1240. The summed E-state index contributed by atoms with van der Waals surface area (Å²) in [6, 6.07) is 20.7. The second kappa shape index (κ2) is 11.9. The van der Waals surface area contributed by atoms with Crippen molar-refractivity contribution < 1.29 is 17.9 Å². The molecule has 35 heavy (non-hydrogen) atoms. The molecule has 3 aromatic rings. The van der Waals surface area contributed by atoms with Crippen LogP contribution in [-0.4, -0.2) is 33.7 Å². The van der Waals surface area contributed by atoms with Crippen molar-refractivity contribution >= 4 is 21.6 Å². The third-order valence-corrected chi connectivity index (χ3v) is 6.81. The van der Waals surface area contributed by atoms with Gasteiger partial charge in [-0.15, -0.1) is 0 Å². The number of aryl methyl sites for hydroxylation is 3. The first kappa shape index (κ1) is 26.3. The van der Waals surface area contributed by atoms with Crippen LogP contribution in [0.1, 0.15) is 46.0 Å². The molecular weight excluding hydrogens is 460 g/mol. The number of ether oxygens (including phenoxy) is 1. The second-order valence-corrected chi connectivity index (χ2v) is 10.7. The highest BCUT2D eigenvalue weighted by molar-refractivity contribution is 7.92. The van der Waals surface area contributed by atoms with Gasteiger partial charge in [0.15, 0.2) is 0 Å². The summed E-state index contributed by atoms with van der Waals surface area (Å²) >= 11 is 0. The van der Waals surface area contributed by atoms with Gasteiger partial charge in [-0.3, -0.25) is 9.10 Å². The van der Waals surface area contributed by atoms with Crippen LogP contribution in [0.2, 0.25) is 0 Å². The summed E-state index contributed by atoms with van der Waals surface area (Å²) < 4.78 is 32.1. The lowest BCUT2D eigenvalue weighted by molar-refractivity contribution is 0.0947. The average Bonchev–Trinajstić information content (AvgIpc) is 2.81. The molecule has 0 saturated carbocycles. The van der Waals surface area contributed by atoms with Crippen molar-refractivity contribution in [3.63, 3.8) is 0 Å². The van der Waals surface area contributed by atoms with Gasteiger partial charge in [0.25, 0.3) is 5.91 Å². The van der Waals surface area contributed by atoms with Crippen LogP contribution in [0, 0.1) is 13.8 Å². The minimum absolute atomic E-state index is 0.190. The van der Waals surface area contributed by atoms with E-state index in [0.29, 0.717) is 24.4 Å². The van der Waals surface area contributed by atoms with Crippen LogP contribution >= 0.6 is 0 Å². The molecule has 7 heteroatoms. The Labute approximate surface area is 209 Å². The van der Waals surface area contributed by atoms with Crippen LogP contribution < -0.4 is 14.4 Å². The SMILES string of the molecule is CCCc1ccc(OCCNC(=O)c2ccc(CN(c3ccc(C)cc3C)S(C)(=O)=O)cc2)cc1. The van der Waals surface area contributed by atoms with Crippen LogP contribution in [0.3, 0.4) is 0 Å². The maximum atomic E-state index is 12.5. The zero-order chi connectivity index (χ0) is 25.4. The van der Waals surface area contributed by atoms with Crippen LogP contribution in [-0.2, 0) is 23.0 Å². The molecule has 0 fully saturated rings. The fourth-order valence-corrected chi connectivity index (χ4v) is 4.82. The lowest BCUT2D eigenvalue weighted by Gasteiger charge is -2.24. The number of carbonyl (C=O) groups excluding carboxylic acids is 1. The van der Waals surface area contributed by atoms with Gasteiger partial charge < -0.3 is 10.1 Å². The highest BCUT2D eigenvalue weighted by Crippen LogP contribution is 2.25. The van der Waals surface area contributed by atoms with E-state index < -0.39 is 10.0 Å². The van der Waals surface area contributed by atoms with Crippen molar-refractivity contribution in [2.24, 2.45) is 0 Å². The van der Waals surface area contributed by atoms with Gasteiger partial charge in [0, 0.05) is 5.56 Å². The standard InChI is InChI=1S/C28H34N2O4S/c1-5-6-23-10-14-26(15-11-23)34-18-17-29-28(31)25-12-8-24(9-13-25)20-30(35(4,32)33)27-16-7-21(2)19-22(27)3/h7-16,19H,5-6,17-18,20H2,1-4H3,(H,29,31). The molecule has 0 bridgehead atoms. The normalized spacial score (nSPS) is 11.2. The molecule has 0 aliphatic carbocycles. The Morgan fingerprint density at radius 3 is 2.20 bits per heavy atom. The highest BCUT2D eigenvalue weighted by Gasteiger charge is 2.20. The molecule has 0 spiro atoms. The van der Waals surface area contributed by atoms with Gasteiger partial charge in [0.2, 0.25) is 10.0 Å². The summed E-state index contributed by atoms with van der Waals surface area (Å²) in [5.74, 6) is 0.579. The van der Waals surface area contributed by atoms with Gasteiger partial charge in [0.1, 0.15) is 12.4 Å². The Morgan fingerprint density at radius 2 is 1.60 bits per heavy atom. The average molecular weight is 495 g/mol. The maximum Gasteiger partial charge on any atom is 0.251 e. The van der Waals surface area contributed by atoms with Crippen molar-refractivity contribution in [3.05, 3.63) is 94.5 Å². The molecular formula is C28H34N2O4S. The van der Waals surface area contributed by atoms with E-state index in [1.54, 1.807) is 24.3 Å². The molecule has 1 amide bonds. The number of hydrogen-bond acceptors (Lipinski definition) is 4. The largest absolute Gasteiger partial charge is 0.492 e. The molecule has 0 heterocycles. The van der Waals surface area contributed by atoms with Crippen LogP contribution in [0.5, 0.6) is 5.75 Å². The maximum absolute atomic E-state index is 12.5. The van der Waals surface area contributed by atoms with Crippen molar-refractivity contribution in [1.82, 2.24) is 5.32 Å². The summed E-state index contributed by atoms with van der Waals surface area (Å²) in [5, 5.41) is 2.85. The number of anilines is 1. The number of nitrogens with zero attached hydrogens (tertiary/aromatic N) is 1. The quantitative estimate of drug-likeness (QED) is 0.379. The Morgan fingerprint density at radius 1 is 0.943 bits per heavy atom. The first-order valence-electron chi connectivity index (χ1n) is 11.8. The lowest BCUT2D eigenvalue weighted by Crippen LogP contribution is -2.30. The van der Waals surface area contributed by atoms with E-state index in [4.69, 9.17) is 4.74 Å². The van der Waals surface area contributed by atoms with E-state index in [2.05, 4.69) is 24.4 Å². The smallest absolute Gasteiger partial charge is 0.251 e. The summed E-state index contributed by atoms with van der Waals surface area (Å²) in [4.78, 5) is 12.5. The van der Waals surface area contributed by atoms with Gasteiger partial charge in [-0.05, 0) is 67.3 Å². The zero-order valence-corrected chi connectivity index (χ0v) is 21.7. The van der Waals surface area contributed by atoms with Crippen LogP contribution in [0.4, 0.5) is 5.69 Å². The zero-order valence-electron chi connectivity index (χ0n) is 20.9. The Balaban J connectivity index is 1.55. The minimum Gasteiger partial charge on any atom is -0.492 e. The van der Waals surface area contributed by atoms with Gasteiger partial charge in [-0.1, -0.05) is 55.3 Å². The number of amides is 1. The summed E-state index contributed by atoms with van der Waals surface area (Å²) in [6.07, 6.45) is 3.36. The number of rotatable bonds is 11. The van der Waals surface area contributed by atoms with E-state index >= 15 is 0 Å². The molecule has 0 aliphatic heterocycles. The highest BCUT2D eigenvalue weighted by atomic mass is 32.2. The number of carbonyl (C=O) groups is 1. The van der Waals surface area contributed by atoms with Crippen molar-refractivity contribution in [3.8, 4) is 5.75 Å². The first-order valence-corrected chi connectivity index (χ1v) is 13.7. The molecule has 6 nitrogen and oxygen atoms in total. The molecule has 186 valence electrons. The van der Waals surface area contributed by atoms with E-state index in [9.17, 15) is 13.2 Å². The molecule has 0 radical (unpaired) electrons. The van der Waals surface area contributed by atoms with E-state index in [0.717, 1.165) is 35.3 Å². The molecule has 3 aromatic carbocycles. The van der Waals surface area contributed by atoms with E-state index in [-0.39, 0.29) is 12.5 Å². The number of sulfonamides is 1. The fraction of sp³-hybridized carbons (Fsp3) is 0.321. The number of nitrogens with one attached hydrogen (secondary N) is 1. The first-order chi connectivity index (χ1) is 16.7. The topological polar surface area (TPSA) is 75.7 Å². The van der Waals surface area contributed by atoms with Crippen molar-refractivity contribution in [2.45, 2.75) is 40.2 Å². The van der Waals surface area contributed by atoms with E-state index in [1.807, 2.05) is 44.2 Å². The van der Waals surface area contributed by atoms with Crippen molar-refractivity contribution in [2.75, 3.05) is 23.7 Å².